The van der Waals surface area contributed by atoms with Crippen LogP contribution in [0.25, 0.3) is 0 Å². The SMILES string of the molecule is CCC(C)C(N)C(=O)NC(C)C(=O)NCC(=O)N1CCCC1C(=O)O. The molecule has 0 aromatic heterocycles. The number of likely N-dealkylation sites (tertiary alicyclic amines) is 1. The van der Waals surface area contributed by atoms with Crippen LogP contribution in [0.15, 0.2) is 0 Å². The zero-order valence-corrected chi connectivity index (χ0v) is 14.9. The highest BCUT2D eigenvalue weighted by Gasteiger charge is 2.34. The largest absolute Gasteiger partial charge is 0.480 e. The Morgan fingerprint density at radius 3 is 2.44 bits per heavy atom. The molecule has 1 heterocycles. The van der Waals surface area contributed by atoms with Crippen molar-refractivity contribution in [2.75, 3.05) is 13.1 Å². The fourth-order valence-corrected chi connectivity index (χ4v) is 2.63. The molecule has 1 fully saturated rings. The number of carboxylic acids is 1. The third-order valence-corrected chi connectivity index (χ3v) is 4.58. The van der Waals surface area contributed by atoms with Crippen LogP contribution in [0.5, 0.6) is 0 Å². The zero-order chi connectivity index (χ0) is 19.1. The minimum Gasteiger partial charge on any atom is -0.480 e. The van der Waals surface area contributed by atoms with Crippen molar-refractivity contribution in [1.82, 2.24) is 15.5 Å². The number of amides is 3. The van der Waals surface area contributed by atoms with E-state index < -0.39 is 41.8 Å². The van der Waals surface area contributed by atoms with Gasteiger partial charge in [0.05, 0.1) is 12.6 Å². The van der Waals surface area contributed by atoms with Crippen LogP contribution in [-0.2, 0) is 19.2 Å². The highest BCUT2D eigenvalue weighted by molar-refractivity contribution is 5.92. The first-order valence-corrected chi connectivity index (χ1v) is 8.54. The topological polar surface area (TPSA) is 142 Å². The summed E-state index contributed by atoms with van der Waals surface area (Å²) >= 11 is 0. The molecule has 3 amide bonds. The van der Waals surface area contributed by atoms with E-state index in [-0.39, 0.29) is 12.5 Å². The first-order chi connectivity index (χ1) is 11.7. The predicted molar refractivity (Wildman–Crippen MR) is 90.4 cm³/mol. The van der Waals surface area contributed by atoms with E-state index in [1.54, 1.807) is 0 Å². The van der Waals surface area contributed by atoms with Crippen LogP contribution in [-0.4, -0.2) is 64.9 Å². The molecule has 0 aromatic rings. The second-order valence-corrected chi connectivity index (χ2v) is 6.44. The van der Waals surface area contributed by atoms with E-state index in [4.69, 9.17) is 10.8 Å². The molecule has 0 saturated carbocycles. The maximum atomic E-state index is 12.1. The van der Waals surface area contributed by atoms with Crippen LogP contribution < -0.4 is 16.4 Å². The average Bonchev–Trinajstić information content (AvgIpc) is 3.07. The Bertz CT molecular complexity index is 525. The lowest BCUT2D eigenvalue weighted by Gasteiger charge is -2.23. The van der Waals surface area contributed by atoms with Gasteiger partial charge in [0.2, 0.25) is 17.7 Å². The number of hydrogen-bond donors (Lipinski definition) is 4. The van der Waals surface area contributed by atoms with Crippen LogP contribution >= 0.6 is 0 Å². The lowest BCUT2D eigenvalue weighted by molar-refractivity contribution is -0.148. The Labute approximate surface area is 147 Å². The molecule has 0 spiro atoms. The van der Waals surface area contributed by atoms with Crippen LogP contribution in [0.2, 0.25) is 0 Å². The summed E-state index contributed by atoms with van der Waals surface area (Å²) in [6.45, 7) is 5.32. The van der Waals surface area contributed by atoms with Gasteiger partial charge in [-0.1, -0.05) is 20.3 Å². The number of carbonyl (C=O) groups excluding carboxylic acids is 3. The summed E-state index contributed by atoms with van der Waals surface area (Å²) in [7, 11) is 0. The smallest absolute Gasteiger partial charge is 0.326 e. The average molecular weight is 356 g/mol. The zero-order valence-electron chi connectivity index (χ0n) is 14.9. The molecule has 1 rings (SSSR count). The third-order valence-electron chi connectivity index (χ3n) is 4.58. The number of nitrogens with one attached hydrogen (secondary N) is 2. The second-order valence-electron chi connectivity index (χ2n) is 6.44. The monoisotopic (exact) mass is 356 g/mol. The van der Waals surface area contributed by atoms with Gasteiger partial charge in [-0.15, -0.1) is 0 Å². The number of nitrogens with zero attached hydrogens (tertiary/aromatic N) is 1. The van der Waals surface area contributed by atoms with Crippen molar-refractivity contribution in [1.29, 1.82) is 0 Å². The molecular weight excluding hydrogens is 328 g/mol. The van der Waals surface area contributed by atoms with E-state index in [0.717, 1.165) is 6.42 Å². The Balaban J connectivity index is 2.46. The molecule has 9 nitrogen and oxygen atoms in total. The van der Waals surface area contributed by atoms with Gasteiger partial charge in [0.15, 0.2) is 0 Å². The van der Waals surface area contributed by atoms with Crippen molar-refractivity contribution in [3.8, 4) is 0 Å². The van der Waals surface area contributed by atoms with Gasteiger partial charge in [-0.2, -0.15) is 0 Å². The van der Waals surface area contributed by atoms with Gasteiger partial charge in [0.1, 0.15) is 12.1 Å². The van der Waals surface area contributed by atoms with E-state index in [2.05, 4.69) is 10.6 Å². The number of hydrogen-bond acceptors (Lipinski definition) is 5. The summed E-state index contributed by atoms with van der Waals surface area (Å²) in [6, 6.07) is -2.39. The van der Waals surface area contributed by atoms with E-state index in [1.165, 1.54) is 11.8 Å². The predicted octanol–water partition coefficient (Wildman–Crippen LogP) is -0.944. The van der Waals surface area contributed by atoms with Gasteiger partial charge in [-0.05, 0) is 25.7 Å². The lowest BCUT2D eigenvalue weighted by atomic mass is 9.99. The number of carboxylic acid groups (broad SMARTS) is 1. The molecule has 0 aliphatic carbocycles. The van der Waals surface area contributed by atoms with E-state index in [0.29, 0.717) is 19.4 Å². The minimum atomic E-state index is -1.04. The molecule has 5 N–H and O–H groups in total. The Hall–Kier alpha value is -2.16. The van der Waals surface area contributed by atoms with Crippen LogP contribution in [0.1, 0.15) is 40.0 Å². The van der Waals surface area contributed by atoms with Gasteiger partial charge >= 0.3 is 5.97 Å². The van der Waals surface area contributed by atoms with Gasteiger partial charge < -0.3 is 26.4 Å². The molecule has 142 valence electrons. The Morgan fingerprint density at radius 1 is 1.24 bits per heavy atom. The fraction of sp³-hybridized carbons (Fsp3) is 0.750. The standard InChI is InChI=1S/C16H28N4O5/c1-4-9(2)13(17)15(23)19-10(3)14(22)18-8-12(21)20-7-5-6-11(20)16(24)25/h9-11,13H,4-8,17H2,1-3H3,(H,18,22)(H,19,23)(H,24,25). The number of nitrogens with two attached hydrogens (primary N) is 1. The lowest BCUT2D eigenvalue weighted by Crippen LogP contribution is -2.53. The van der Waals surface area contributed by atoms with Crippen molar-refractivity contribution < 1.29 is 24.3 Å². The molecule has 4 atom stereocenters. The maximum Gasteiger partial charge on any atom is 0.326 e. The summed E-state index contributed by atoms with van der Waals surface area (Å²) in [6.07, 6.45) is 1.77. The van der Waals surface area contributed by atoms with Crippen molar-refractivity contribution in [2.24, 2.45) is 11.7 Å². The second kappa shape index (κ2) is 9.36. The van der Waals surface area contributed by atoms with Gasteiger partial charge in [0, 0.05) is 6.54 Å². The van der Waals surface area contributed by atoms with Crippen molar-refractivity contribution >= 4 is 23.7 Å². The van der Waals surface area contributed by atoms with E-state index >= 15 is 0 Å². The summed E-state index contributed by atoms with van der Waals surface area (Å²) in [5.41, 5.74) is 5.81. The summed E-state index contributed by atoms with van der Waals surface area (Å²) in [5, 5.41) is 14.0. The van der Waals surface area contributed by atoms with Crippen molar-refractivity contribution in [2.45, 2.75) is 58.2 Å². The molecule has 0 radical (unpaired) electrons. The molecule has 1 aliphatic heterocycles. The van der Waals surface area contributed by atoms with Crippen LogP contribution in [0, 0.1) is 5.92 Å². The number of rotatable bonds is 8. The molecule has 25 heavy (non-hydrogen) atoms. The molecule has 1 aliphatic rings. The summed E-state index contributed by atoms with van der Waals surface area (Å²) in [5.74, 6) is -2.46. The Morgan fingerprint density at radius 2 is 1.88 bits per heavy atom. The molecular formula is C16H28N4O5. The molecule has 0 bridgehead atoms. The highest BCUT2D eigenvalue weighted by atomic mass is 16.4. The van der Waals surface area contributed by atoms with E-state index in [9.17, 15) is 19.2 Å². The first-order valence-electron chi connectivity index (χ1n) is 8.54. The van der Waals surface area contributed by atoms with Crippen molar-refractivity contribution in [3.05, 3.63) is 0 Å². The highest BCUT2D eigenvalue weighted by Crippen LogP contribution is 2.17. The summed E-state index contributed by atoms with van der Waals surface area (Å²) < 4.78 is 0. The quantitative estimate of drug-likeness (QED) is 0.442. The van der Waals surface area contributed by atoms with Gasteiger partial charge in [-0.25, -0.2) is 4.79 Å². The Kier molecular flexibility index (Phi) is 7.82. The molecule has 4 unspecified atom stereocenters. The molecule has 9 heteroatoms. The van der Waals surface area contributed by atoms with Gasteiger partial charge in [0.25, 0.3) is 0 Å². The third kappa shape index (κ3) is 5.70. The maximum absolute atomic E-state index is 12.1. The minimum absolute atomic E-state index is 0.0139. The van der Waals surface area contributed by atoms with Gasteiger partial charge in [-0.3, -0.25) is 14.4 Å². The first kappa shape index (κ1) is 20.9. The van der Waals surface area contributed by atoms with Crippen LogP contribution in [0.4, 0.5) is 0 Å². The van der Waals surface area contributed by atoms with Crippen LogP contribution in [0.3, 0.4) is 0 Å². The summed E-state index contributed by atoms with van der Waals surface area (Å²) in [4.78, 5) is 48.4. The molecule has 1 saturated heterocycles. The number of carbonyl (C=O) groups is 4. The fourth-order valence-electron chi connectivity index (χ4n) is 2.63. The van der Waals surface area contributed by atoms with E-state index in [1.807, 2.05) is 13.8 Å². The number of aliphatic carboxylic acids is 1. The molecule has 0 aromatic carbocycles. The van der Waals surface area contributed by atoms with Crippen molar-refractivity contribution in [3.63, 3.8) is 0 Å². The normalized spacial score (nSPS) is 20.5.